The Morgan fingerprint density at radius 3 is 2.12 bits per heavy atom. The van der Waals surface area contributed by atoms with Crippen molar-refractivity contribution in [3.05, 3.63) is 66.6 Å². The summed E-state index contributed by atoms with van der Waals surface area (Å²) in [4.78, 5) is 4.59. The third-order valence-corrected chi connectivity index (χ3v) is 5.98. The molecule has 0 fully saturated rings. The number of sulfonamides is 1. The van der Waals surface area contributed by atoms with E-state index in [1.165, 1.54) is 4.31 Å². The molecule has 0 aliphatic heterocycles. The lowest BCUT2D eigenvalue weighted by atomic mass is 10.1. The fourth-order valence-electron chi connectivity index (χ4n) is 2.55. The van der Waals surface area contributed by atoms with Gasteiger partial charge in [-0.2, -0.15) is 9.29 Å². The average molecular weight is 371 g/mol. The van der Waals surface area contributed by atoms with E-state index >= 15 is 0 Å². The van der Waals surface area contributed by atoms with E-state index in [9.17, 15) is 8.42 Å². The highest BCUT2D eigenvalue weighted by molar-refractivity contribution is 7.89. The van der Waals surface area contributed by atoms with Crippen LogP contribution >= 0.6 is 0 Å². The molecule has 0 amide bonds. The van der Waals surface area contributed by atoms with E-state index in [2.05, 4.69) is 10.1 Å². The number of benzene rings is 2. The molecular weight excluding hydrogens is 350 g/mol. The summed E-state index contributed by atoms with van der Waals surface area (Å²) in [6, 6.07) is 17.8. The highest BCUT2D eigenvalue weighted by Gasteiger charge is 2.35. The molecule has 0 aliphatic rings. The van der Waals surface area contributed by atoms with Gasteiger partial charge in [0.2, 0.25) is 21.7 Å². The van der Waals surface area contributed by atoms with Gasteiger partial charge in [0.1, 0.15) is 0 Å². The third-order valence-electron chi connectivity index (χ3n) is 3.86. The lowest BCUT2D eigenvalue weighted by molar-refractivity contribution is 0.214. The zero-order valence-corrected chi connectivity index (χ0v) is 15.8. The van der Waals surface area contributed by atoms with Gasteiger partial charge in [-0.25, -0.2) is 8.42 Å². The van der Waals surface area contributed by atoms with Gasteiger partial charge in [0.05, 0.1) is 11.4 Å². The highest BCUT2D eigenvalue weighted by Crippen LogP contribution is 2.27. The van der Waals surface area contributed by atoms with Crippen molar-refractivity contribution in [1.29, 1.82) is 0 Å². The van der Waals surface area contributed by atoms with Crippen LogP contribution in [-0.4, -0.2) is 28.4 Å². The lowest BCUT2D eigenvalue weighted by Crippen LogP contribution is -2.45. The van der Waals surface area contributed by atoms with E-state index in [4.69, 9.17) is 4.52 Å². The molecule has 1 aromatic heterocycles. The standard InChI is InChI=1S/C19H21N3O3S/c1-19(2,3)22(26(23,24)16-12-8-5-9-13-16)14-17-20-18(21-25-17)15-10-6-4-7-11-15/h4-13H,14H2,1-3H3. The quantitative estimate of drug-likeness (QED) is 0.683. The summed E-state index contributed by atoms with van der Waals surface area (Å²) >= 11 is 0. The number of rotatable bonds is 5. The van der Waals surface area contributed by atoms with Crippen LogP contribution in [0.25, 0.3) is 11.4 Å². The summed E-state index contributed by atoms with van der Waals surface area (Å²) in [5, 5.41) is 3.97. The summed E-state index contributed by atoms with van der Waals surface area (Å²) < 4.78 is 32.9. The Balaban J connectivity index is 1.93. The largest absolute Gasteiger partial charge is 0.338 e. The molecule has 136 valence electrons. The first-order valence-corrected chi connectivity index (χ1v) is 9.68. The molecule has 26 heavy (non-hydrogen) atoms. The van der Waals surface area contributed by atoms with E-state index < -0.39 is 15.6 Å². The number of hydrogen-bond donors (Lipinski definition) is 0. The second kappa shape index (κ2) is 7.01. The predicted octanol–water partition coefficient (Wildman–Crippen LogP) is 3.73. The van der Waals surface area contributed by atoms with Gasteiger partial charge in [0.15, 0.2) is 0 Å². The van der Waals surface area contributed by atoms with E-state index in [-0.39, 0.29) is 17.3 Å². The molecule has 0 N–H and O–H groups in total. The Morgan fingerprint density at radius 1 is 0.962 bits per heavy atom. The number of hydrogen-bond acceptors (Lipinski definition) is 5. The topological polar surface area (TPSA) is 76.3 Å². The van der Waals surface area contributed by atoms with Crippen LogP contribution in [0.15, 0.2) is 70.1 Å². The second-order valence-electron chi connectivity index (χ2n) is 6.87. The molecule has 0 saturated carbocycles. The van der Waals surface area contributed by atoms with E-state index in [1.807, 2.05) is 51.1 Å². The van der Waals surface area contributed by atoms with Crippen molar-refractivity contribution in [2.45, 2.75) is 37.8 Å². The SMILES string of the molecule is CC(C)(C)N(Cc1nc(-c2ccccc2)no1)S(=O)(=O)c1ccccc1. The minimum Gasteiger partial charge on any atom is -0.338 e. The third kappa shape index (κ3) is 3.84. The molecule has 3 aromatic rings. The number of aromatic nitrogens is 2. The molecule has 6 nitrogen and oxygen atoms in total. The first kappa shape index (κ1) is 18.3. The molecule has 0 bridgehead atoms. The van der Waals surface area contributed by atoms with Crippen LogP contribution in [0, 0.1) is 0 Å². The van der Waals surface area contributed by atoms with E-state index in [1.54, 1.807) is 30.3 Å². The smallest absolute Gasteiger partial charge is 0.244 e. The highest BCUT2D eigenvalue weighted by atomic mass is 32.2. The van der Waals surface area contributed by atoms with Gasteiger partial charge in [-0.1, -0.05) is 53.7 Å². The normalized spacial score (nSPS) is 12.5. The molecule has 7 heteroatoms. The summed E-state index contributed by atoms with van der Waals surface area (Å²) in [7, 11) is -3.71. The fourth-order valence-corrected chi connectivity index (χ4v) is 4.31. The van der Waals surface area contributed by atoms with E-state index in [0.29, 0.717) is 5.82 Å². The monoisotopic (exact) mass is 371 g/mol. The Kier molecular flexibility index (Phi) is 4.93. The Hall–Kier alpha value is -2.51. The molecule has 1 heterocycles. The van der Waals surface area contributed by atoms with Gasteiger partial charge in [-0.15, -0.1) is 0 Å². The van der Waals surface area contributed by atoms with E-state index in [0.717, 1.165) is 5.56 Å². The van der Waals surface area contributed by atoms with Gasteiger partial charge in [-0.3, -0.25) is 0 Å². The van der Waals surface area contributed by atoms with Crippen LogP contribution in [0.1, 0.15) is 26.7 Å². The van der Waals surface area contributed by atoms with Crippen LogP contribution in [0.3, 0.4) is 0 Å². The van der Waals surface area contributed by atoms with Gasteiger partial charge >= 0.3 is 0 Å². The van der Waals surface area contributed by atoms with Gasteiger partial charge in [-0.05, 0) is 32.9 Å². The maximum atomic E-state index is 13.1. The maximum Gasteiger partial charge on any atom is 0.244 e. The van der Waals surface area contributed by atoms with Crippen LogP contribution in [0.5, 0.6) is 0 Å². The summed E-state index contributed by atoms with van der Waals surface area (Å²) in [5.74, 6) is 0.685. The van der Waals surface area contributed by atoms with Crippen LogP contribution < -0.4 is 0 Å². The fraction of sp³-hybridized carbons (Fsp3) is 0.263. The average Bonchev–Trinajstić information content (AvgIpc) is 3.09. The lowest BCUT2D eigenvalue weighted by Gasteiger charge is -2.33. The summed E-state index contributed by atoms with van der Waals surface area (Å²) in [6.07, 6.45) is 0. The van der Waals surface area contributed by atoms with Crippen LogP contribution in [0.4, 0.5) is 0 Å². The maximum absolute atomic E-state index is 13.1. The molecule has 0 spiro atoms. The molecule has 0 atom stereocenters. The van der Waals surface area contributed by atoms with Crippen molar-refractivity contribution in [1.82, 2.24) is 14.4 Å². The van der Waals surface area contributed by atoms with Crippen molar-refractivity contribution in [3.8, 4) is 11.4 Å². The van der Waals surface area contributed by atoms with Crippen LogP contribution in [0.2, 0.25) is 0 Å². The minimum absolute atomic E-state index is 0.000557. The first-order chi connectivity index (χ1) is 12.3. The Morgan fingerprint density at radius 2 is 1.54 bits per heavy atom. The van der Waals surface area contributed by atoms with Gasteiger partial charge in [0, 0.05) is 11.1 Å². The van der Waals surface area contributed by atoms with Gasteiger partial charge in [0.25, 0.3) is 0 Å². The molecule has 0 aliphatic carbocycles. The molecular formula is C19H21N3O3S. The van der Waals surface area contributed by atoms with Crippen molar-refractivity contribution in [2.75, 3.05) is 0 Å². The molecule has 0 radical (unpaired) electrons. The molecule has 0 unspecified atom stereocenters. The van der Waals surface area contributed by atoms with Crippen molar-refractivity contribution in [3.63, 3.8) is 0 Å². The van der Waals surface area contributed by atoms with Crippen molar-refractivity contribution < 1.29 is 12.9 Å². The Bertz CT molecular complexity index is 962. The van der Waals surface area contributed by atoms with Crippen molar-refractivity contribution >= 4 is 10.0 Å². The summed E-state index contributed by atoms with van der Waals surface area (Å²) in [5.41, 5.74) is 0.159. The van der Waals surface area contributed by atoms with Gasteiger partial charge < -0.3 is 4.52 Å². The Labute approximate surface area is 153 Å². The summed E-state index contributed by atoms with van der Waals surface area (Å²) in [6.45, 7) is 5.51. The van der Waals surface area contributed by atoms with Crippen molar-refractivity contribution in [2.24, 2.45) is 0 Å². The first-order valence-electron chi connectivity index (χ1n) is 8.24. The molecule has 0 saturated heterocycles. The predicted molar refractivity (Wildman–Crippen MR) is 98.7 cm³/mol. The number of nitrogens with zero attached hydrogens (tertiary/aromatic N) is 3. The zero-order valence-electron chi connectivity index (χ0n) is 15.0. The zero-order chi connectivity index (χ0) is 18.8. The van der Waals surface area contributed by atoms with Crippen LogP contribution in [-0.2, 0) is 16.6 Å². The molecule has 3 rings (SSSR count). The minimum atomic E-state index is -3.71. The second-order valence-corrected chi connectivity index (χ2v) is 8.74. The molecule has 2 aromatic carbocycles.